The lowest BCUT2D eigenvalue weighted by molar-refractivity contribution is -0.150. The first-order valence-corrected chi connectivity index (χ1v) is 6.64. The van der Waals surface area contributed by atoms with E-state index in [1.165, 1.54) is 6.42 Å². The number of carbonyl (C=O) groups is 2. The highest BCUT2D eigenvalue weighted by Gasteiger charge is 2.50. The van der Waals surface area contributed by atoms with Gasteiger partial charge in [-0.05, 0) is 32.1 Å². The molecule has 2 aliphatic rings. The van der Waals surface area contributed by atoms with E-state index in [9.17, 15) is 9.59 Å². The standard InChI is InChI=1S/C13H22N2O2/c1-4-6-9-7-10(9)15-8-11(16)14-13(3,5-2)12(15)17/h9-10H,4-8H2,1-3H3,(H,14,16). The topological polar surface area (TPSA) is 49.4 Å². The first kappa shape index (κ1) is 12.4. The first-order chi connectivity index (χ1) is 8.01. The van der Waals surface area contributed by atoms with Crippen molar-refractivity contribution >= 4 is 11.8 Å². The minimum absolute atomic E-state index is 0.0175. The number of carbonyl (C=O) groups excluding carboxylic acids is 2. The van der Waals surface area contributed by atoms with Crippen LogP contribution in [0.2, 0.25) is 0 Å². The Morgan fingerprint density at radius 1 is 1.41 bits per heavy atom. The molecule has 0 spiro atoms. The molecule has 96 valence electrons. The number of hydrogen-bond acceptors (Lipinski definition) is 2. The average Bonchev–Trinajstić information content (AvgIpc) is 3.03. The molecular weight excluding hydrogens is 216 g/mol. The molecule has 2 fully saturated rings. The molecule has 0 aromatic heterocycles. The number of amides is 2. The zero-order valence-corrected chi connectivity index (χ0v) is 11.0. The maximum absolute atomic E-state index is 12.4. The zero-order chi connectivity index (χ0) is 12.6. The Labute approximate surface area is 103 Å². The minimum Gasteiger partial charge on any atom is -0.340 e. The van der Waals surface area contributed by atoms with Gasteiger partial charge in [0.05, 0.1) is 6.54 Å². The number of piperazine rings is 1. The van der Waals surface area contributed by atoms with Crippen molar-refractivity contribution in [2.45, 2.75) is 58.0 Å². The molecule has 0 radical (unpaired) electrons. The highest BCUT2D eigenvalue weighted by Crippen LogP contribution is 2.41. The second-order valence-electron chi connectivity index (χ2n) is 5.52. The molecule has 2 amide bonds. The summed E-state index contributed by atoms with van der Waals surface area (Å²) in [6.07, 6.45) is 4.05. The monoisotopic (exact) mass is 238 g/mol. The fourth-order valence-corrected chi connectivity index (χ4v) is 2.75. The van der Waals surface area contributed by atoms with Gasteiger partial charge in [0.1, 0.15) is 5.54 Å². The second-order valence-corrected chi connectivity index (χ2v) is 5.52. The van der Waals surface area contributed by atoms with E-state index in [0.29, 0.717) is 18.4 Å². The SMILES string of the molecule is CCCC1CC1N1CC(=O)NC(C)(CC)C1=O. The minimum atomic E-state index is -0.686. The third-order valence-electron chi connectivity index (χ3n) is 4.11. The number of rotatable bonds is 4. The van der Waals surface area contributed by atoms with E-state index < -0.39 is 5.54 Å². The van der Waals surface area contributed by atoms with E-state index >= 15 is 0 Å². The predicted octanol–water partition coefficient (Wildman–Crippen LogP) is 1.30. The van der Waals surface area contributed by atoms with Crippen LogP contribution in [0.15, 0.2) is 0 Å². The molecule has 1 saturated heterocycles. The highest BCUT2D eigenvalue weighted by atomic mass is 16.2. The van der Waals surface area contributed by atoms with Crippen molar-refractivity contribution in [3.63, 3.8) is 0 Å². The van der Waals surface area contributed by atoms with E-state index in [1.807, 2.05) is 18.7 Å². The van der Waals surface area contributed by atoms with Crippen LogP contribution < -0.4 is 5.32 Å². The van der Waals surface area contributed by atoms with Gasteiger partial charge >= 0.3 is 0 Å². The summed E-state index contributed by atoms with van der Waals surface area (Å²) in [5, 5.41) is 2.82. The maximum atomic E-state index is 12.4. The molecule has 1 aliphatic carbocycles. The van der Waals surface area contributed by atoms with Crippen molar-refractivity contribution in [1.29, 1.82) is 0 Å². The first-order valence-electron chi connectivity index (χ1n) is 6.64. The molecule has 17 heavy (non-hydrogen) atoms. The van der Waals surface area contributed by atoms with Crippen LogP contribution in [0.3, 0.4) is 0 Å². The molecule has 2 rings (SSSR count). The van der Waals surface area contributed by atoms with Crippen LogP contribution >= 0.6 is 0 Å². The van der Waals surface area contributed by atoms with Gasteiger partial charge in [-0.25, -0.2) is 0 Å². The zero-order valence-electron chi connectivity index (χ0n) is 11.0. The molecule has 1 saturated carbocycles. The summed E-state index contributed by atoms with van der Waals surface area (Å²) in [7, 11) is 0. The molecule has 3 atom stereocenters. The number of nitrogens with one attached hydrogen (secondary N) is 1. The smallest absolute Gasteiger partial charge is 0.248 e. The van der Waals surface area contributed by atoms with Gasteiger partial charge in [0, 0.05) is 6.04 Å². The maximum Gasteiger partial charge on any atom is 0.248 e. The quantitative estimate of drug-likeness (QED) is 0.802. The summed E-state index contributed by atoms with van der Waals surface area (Å²) in [6.45, 7) is 6.18. The van der Waals surface area contributed by atoms with Crippen molar-refractivity contribution in [2.75, 3.05) is 6.54 Å². The van der Waals surface area contributed by atoms with Gasteiger partial charge in [0.25, 0.3) is 0 Å². The van der Waals surface area contributed by atoms with Crippen LogP contribution in [0.5, 0.6) is 0 Å². The molecule has 1 aliphatic heterocycles. The van der Waals surface area contributed by atoms with Gasteiger partial charge in [-0.3, -0.25) is 9.59 Å². The normalized spacial score (nSPS) is 37.0. The van der Waals surface area contributed by atoms with Crippen molar-refractivity contribution in [3.05, 3.63) is 0 Å². The molecule has 3 unspecified atom stereocenters. The average molecular weight is 238 g/mol. The molecule has 0 bridgehead atoms. The summed E-state index contributed by atoms with van der Waals surface area (Å²) in [6, 6.07) is 0.319. The lowest BCUT2D eigenvalue weighted by Crippen LogP contribution is -2.65. The molecule has 4 nitrogen and oxygen atoms in total. The lowest BCUT2D eigenvalue weighted by atomic mass is 9.94. The Hall–Kier alpha value is -1.06. The van der Waals surface area contributed by atoms with Crippen LogP contribution in [0.4, 0.5) is 0 Å². The Morgan fingerprint density at radius 2 is 2.12 bits per heavy atom. The molecular formula is C13H22N2O2. The van der Waals surface area contributed by atoms with Crippen molar-refractivity contribution in [2.24, 2.45) is 5.92 Å². The highest BCUT2D eigenvalue weighted by molar-refractivity contribution is 5.98. The predicted molar refractivity (Wildman–Crippen MR) is 65.4 cm³/mol. The lowest BCUT2D eigenvalue weighted by Gasteiger charge is -2.39. The summed E-state index contributed by atoms with van der Waals surface area (Å²) in [4.78, 5) is 25.9. The molecule has 1 N–H and O–H groups in total. The van der Waals surface area contributed by atoms with Gasteiger partial charge in [-0.2, -0.15) is 0 Å². The summed E-state index contributed by atoms with van der Waals surface area (Å²) >= 11 is 0. The molecule has 4 heteroatoms. The molecule has 0 aromatic carbocycles. The Bertz CT molecular complexity index is 342. The Kier molecular flexibility index (Phi) is 3.15. The van der Waals surface area contributed by atoms with Gasteiger partial charge in [0.15, 0.2) is 0 Å². The van der Waals surface area contributed by atoms with E-state index in [1.54, 1.807) is 0 Å². The van der Waals surface area contributed by atoms with Crippen LogP contribution in [-0.2, 0) is 9.59 Å². The summed E-state index contributed by atoms with van der Waals surface area (Å²) in [5.74, 6) is 0.704. The second kappa shape index (κ2) is 4.31. The summed E-state index contributed by atoms with van der Waals surface area (Å²) in [5.41, 5.74) is -0.686. The van der Waals surface area contributed by atoms with Crippen LogP contribution in [0.25, 0.3) is 0 Å². The third-order valence-corrected chi connectivity index (χ3v) is 4.11. The van der Waals surface area contributed by atoms with Gasteiger partial charge in [0.2, 0.25) is 11.8 Å². The summed E-state index contributed by atoms with van der Waals surface area (Å²) < 4.78 is 0. The van der Waals surface area contributed by atoms with Crippen LogP contribution in [-0.4, -0.2) is 34.8 Å². The molecule has 1 heterocycles. The van der Waals surface area contributed by atoms with Gasteiger partial charge in [-0.1, -0.05) is 20.3 Å². The van der Waals surface area contributed by atoms with Crippen molar-refractivity contribution in [1.82, 2.24) is 10.2 Å². The Morgan fingerprint density at radius 3 is 2.71 bits per heavy atom. The molecule has 0 aromatic rings. The largest absolute Gasteiger partial charge is 0.340 e. The van der Waals surface area contributed by atoms with E-state index in [4.69, 9.17) is 0 Å². The van der Waals surface area contributed by atoms with Crippen molar-refractivity contribution < 1.29 is 9.59 Å². The third kappa shape index (κ3) is 2.17. The number of hydrogen-bond donors (Lipinski definition) is 1. The van der Waals surface area contributed by atoms with Crippen LogP contribution in [0.1, 0.15) is 46.5 Å². The van der Waals surface area contributed by atoms with E-state index in [2.05, 4.69) is 12.2 Å². The number of nitrogens with zero attached hydrogens (tertiary/aromatic N) is 1. The van der Waals surface area contributed by atoms with Gasteiger partial charge < -0.3 is 10.2 Å². The van der Waals surface area contributed by atoms with Gasteiger partial charge in [-0.15, -0.1) is 0 Å². The van der Waals surface area contributed by atoms with E-state index in [0.717, 1.165) is 12.8 Å². The fraction of sp³-hybridized carbons (Fsp3) is 0.846. The van der Waals surface area contributed by atoms with Crippen LogP contribution in [0, 0.1) is 5.92 Å². The fourth-order valence-electron chi connectivity index (χ4n) is 2.75. The van der Waals surface area contributed by atoms with Crippen molar-refractivity contribution in [3.8, 4) is 0 Å². The Balaban J connectivity index is 2.08. The van der Waals surface area contributed by atoms with E-state index in [-0.39, 0.29) is 18.4 Å².